The molecule has 95 heavy (non-hydrogen) atoms. The van der Waals surface area contributed by atoms with Crippen LogP contribution in [0.5, 0.6) is 0 Å². The maximum absolute atomic E-state index is 13.1. The Kier molecular flexibility index (Phi) is 24.5. The number of aliphatic hydroxyl groups is 1. The smallest absolute Gasteiger partial charge is 0.253 e. The van der Waals surface area contributed by atoms with Gasteiger partial charge in [-0.3, -0.25) is 38.4 Å². The van der Waals surface area contributed by atoms with E-state index in [1.807, 2.05) is 93.6 Å². The van der Waals surface area contributed by atoms with Crippen molar-refractivity contribution in [1.29, 1.82) is 0 Å². The monoisotopic (exact) mass is 1550 g/mol. The highest BCUT2D eigenvalue weighted by Crippen LogP contribution is 2.36. The summed E-state index contributed by atoms with van der Waals surface area (Å²) in [6.07, 6.45) is 11.4. The average Bonchev–Trinajstić information content (AvgIpc) is 1.59. The average molecular weight is 1560 g/mol. The van der Waals surface area contributed by atoms with Crippen LogP contribution in [0.3, 0.4) is 0 Å². The minimum absolute atomic E-state index is 0.0511. The lowest BCUT2D eigenvalue weighted by Gasteiger charge is -2.48. The van der Waals surface area contributed by atoms with Crippen LogP contribution in [0.25, 0.3) is 32.7 Å². The molecule has 0 aliphatic carbocycles. The number of amides is 5. The van der Waals surface area contributed by atoms with E-state index in [1.54, 1.807) is 51.4 Å². The lowest BCUT2D eigenvalue weighted by molar-refractivity contribution is -0.145. The molecule has 0 radical (unpaired) electrons. The van der Waals surface area contributed by atoms with E-state index in [0.29, 0.717) is 109 Å². The number of hydrogen-bond acceptors (Lipinski definition) is 9. The fourth-order valence-electron chi connectivity index (χ4n) is 12.2. The summed E-state index contributed by atoms with van der Waals surface area (Å²) >= 11 is 34.8. The summed E-state index contributed by atoms with van der Waals surface area (Å²) < 4.78 is 8.30. The normalized spacial score (nSPS) is 14.1. The molecule has 0 atom stereocenters. The van der Waals surface area contributed by atoms with E-state index in [9.17, 15) is 43.5 Å². The third-order valence-corrected chi connectivity index (χ3v) is 19.6. The van der Waals surface area contributed by atoms with Crippen LogP contribution < -0.4 is 10.6 Å². The molecule has 3 N–H and O–H groups in total. The quantitative estimate of drug-likeness (QED) is 0.0491. The van der Waals surface area contributed by atoms with Crippen molar-refractivity contribution in [2.45, 2.75) is 58.7 Å². The number of halogens is 7. The first-order valence-electron chi connectivity index (χ1n) is 30.5. The van der Waals surface area contributed by atoms with Gasteiger partial charge in [0.05, 0.1) is 42.9 Å². The van der Waals surface area contributed by atoms with Gasteiger partial charge in [0.15, 0.2) is 17.3 Å². The number of carbonyl (C=O) groups excluding carboxylic acids is 8. The van der Waals surface area contributed by atoms with Gasteiger partial charge in [-0.25, -0.2) is 0 Å². The topological polar surface area (TPSA) is 205 Å². The number of rotatable bonds is 24. The summed E-state index contributed by atoms with van der Waals surface area (Å²) in [5, 5.41) is 20.5. The predicted octanol–water partition coefficient (Wildman–Crippen LogP) is 13.3. The molecule has 0 unspecified atom stereocenters. The maximum Gasteiger partial charge on any atom is 0.253 e. The molecule has 5 amide bonds. The highest BCUT2D eigenvalue weighted by atomic mass is 79.9. The van der Waals surface area contributed by atoms with Crippen LogP contribution in [0.4, 0.5) is 0 Å². The number of ketones is 3. The molecule has 3 aliphatic rings. The van der Waals surface area contributed by atoms with Crippen molar-refractivity contribution in [1.82, 2.24) is 39.0 Å². The predicted molar refractivity (Wildman–Crippen MR) is 384 cm³/mol. The van der Waals surface area contributed by atoms with Gasteiger partial charge in [-0.1, -0.05) is 126 Å². The molecule has 5 aromatic carbocycles. The number of aryl methyl sites for hydroxylation is 1. The molecule has 8 aromatic rings. The zero-order valence-electron chi connectivity index (χ0n) is 52.0. The van der Waals surface area contributed by atoms with E-state index in [2.05, 4.69) is 78.2 Å². The van der Waals surface area contributed by atoms with E-state index < -0.39 is 5.41 Å². The summed E-state index contributed by atoms with van der Waals surface area (Å²) in [5.74, 6) is -0.322. The van der Waals surface area contributed by atoms with Crippen LogP contribution in [0.1, 0.15) is 56.7 Å². The standard InChI is InChI=1S/C27H26BrCl2N3O3.C26H24BrCl2N3O3.C18H19BrN2O3/c1-3-25(35)32-12-17(13-32)9-21(34)14-33-15-23(22-10-19(28)8-16(2)26(22)33)27(36)31-7-6-18-4-5-20(29)11-24(18)30;1-2-25(34)32-12-16(13-32)9-20(33)14-31-15-22(21-10-18(27)4-6-24(21)31)26(35)30-8-7-17-3-5-19(28)11-23(17)29;1-2-17(24)21-10-18(11-21,12-22)8-15(23)9-20-6-5-13-7-14(19)3-4-16(13)20/h3-5,8,10-11,15,17H,1,6-7,9,12-14H2,2H3,(H,31,36);2-6,10-11,15-16H,1,7-9,12-14H2,(H,30,35);2-7,22H,1,8-12H2. The Hall–Kier alpha value is -7.14. The summed E-state index contributed by atoms with van der Waals surface area (Å²) in [6.45, 7) is 16.8. The molecule has 3 saturated heterocycles. The molecule has 3 aliphatic heterocycles. The van der Waals surface area contributed by atoms with Gasteiger partial charge in [-0.2, -0.15) is 0 Å². The first kappa shape index (κ1) is 72.1. The van der Waals surface area contributed by atoms with Gasteiger partial charge in [0, 0.05) is 168 Å². The molecular formula is C71H69Br3Cl4N8O9. The Morgan fingerprint density at radius 1 is 0.558 bits per heavy atom. The zero-order valence-corrected chi connectivity index (χ0v) is 59.7. The lowest BCUT2D eigenvalue weighted by Crippen LogP contribution is -2.60. The second-order valence-electron chi connectivity index (χ2n) is 24.1. The van der Waals surface area contributed by atoms with Gasteiger partial charge in [-0.15, -0.1) is 0 Å². The SMILES string of the molecule is C=CC(=O)N1CC(CC(=O)Cn2cc(C(=O)NCCc3ccc(Cl)cc3Cl)c3cc(Br)cc(C)c32)C1.C=CC(=O)N1CC(CC(=O)Cn2cc(C(=O)NCCc3ccc(Cl)cc3Cl)c3cc(Br)ccc32)C1.C=CC(=O)N1CC(CO)(CC(=O)Cn2ccc3cc(Br)ccc32)C1. The Labute approximate surface area is 595 Å². The molecule has 3 fully saturated rings. The maximum atomic E-state index is 13.1. The molecular weight excluding hydrogens is 1490 g/mol. The molecule has 24 heteroatoms. The minimum atomic E-state index is -0.512. The molecule has 17 nitrogen and oxygen atoms in total. The third kappa shape index (κ3) is 18.1. The second kappa shape index (κ2) is 32.3. The molecule has 3 aromatic heterocycles. The van der Waals surface area contributed by atoms with Gasteiger partial charge >= 0.3 is 0 Å². The number of likely N-dealkylation sites (tertiary alicyclic amines) is 3. The van der Waals surface area contributed by atoms with Crippen molar-refractivity contribution in [3.05, 3.63) is 209 Å². The third-order valence-electron chi connectivity index (χ3n) is 17.0. The van der Waals surface area contributed by atoms with Crippen molar-refractivity contribution in [3.63, 3.8) is 0 Å². The summed E-state index contributed by atoms with van der Waals surface area (Å²) in [7, 11) is 0. The van der Waals surface area contributed by atoms with Crippen molar-refractivity contribution in [3.8, 4) is 0 Å². The molecule has 0 saturated carbocycles. The largest absolute Gasteiger partial charge is 0.396 e. The number of carbonyl (C=O) groups is 8. The highest BCUT2D eigenvalue weighted by molar-refractivity contribution is 9.11. The fraction of sp³-hybridized carbons (Fsp3) is 0.296. The first-order chi connectivity index (χ1) is 45.4. The lowest BCUT2D eigenvalue weighted by atomic mass is 9.76. The van der Waals surface area contributed by atoms with Gasteiger partial charge in [-0.05, 0) is 134 Å². The van der Waals surface area contributed by atoms with Crippen molar-refractivity contribution < 1.29 is 43.5 Å². The molecule has 0 bridgehead atoms. The first-order valence-corrected chi connectivity index (χ1v) is 34.4. The summed E-state index contributed by atoms with van der Waals surface area (Å²) in [6, 6.07) is 28.0. The number of benzene rings is 5. The van der Waals surface area contributed by atoms with Crippen LogP contribution in [-0.2, 0) is 61.2 Å². The molecule has 0 spiro atoms. The van der Waals surface area contributed by atoms with Crippen LogP contribution in [0, 0.1) is 24.2 Å². The van der Waals surface area contributed by atoms with Crippen molar-refractivity contribution >= 4 is 174 Å². The molecule has 11 rings (SSSR count). The van der Waals surface area contributed by atoms with Gasteiger partial charge in [0.1, 0.15) is 0 Å². The Morgan fingerprint density at radius 2 is 1.03 bits per heavy atom. The number of nitrogens with zero attached hydrogens (tertiary/aromatic N) is 6. The Bertz CT molecular complexity index is 4340. The number of Topliss-reactive ketones (excluding diaryl/α,β-unsaturated/α-hetero) is 3. The van der Waals surface area contributed by atoms with Crippen molar-refractivity contribution in [2.24, 2.45) is 17.3 Å². The number of fused-ring (bicyclic) bond motifs is 3. The highest BCUT2D eigenvalue weighted by Gasteiger charge is 2.45. The van der Waals surface area contributed by atoms with Crippen LogP contribution in [-0.4, -0.2) is 139 Å². The van der Waals surface area contributed by atoms with Gasteiger partial charge in [0.2, 0.25) is 17.7 Å². The molecule has 496 valence electrons. The number of hydrogen-bond donors (Lipinski definition) is 3. The minimum Gasteiger partial charge on any atom is -0.396 e. The summed E-state index contributed by atoms with van der Waals surface area (Å²) in [5.41, 5.74) is 5.93. The number of aromatic nitrogens is 3. The second-order valence-corrected chi connectivity index (χ2v) is 28.6. The fourth-order valence-corrected chi connectivity index (χ4v) is 14.5. The van der Waals surface area contributed by atoms with Crippen LogP contribution >= 0.6 is 94.2 Å². The van der Waals surface area contributed by atoms with Crippen LogP contribution in [0.15, 0.2) is 161 Å². The Balaban J connectivity index is 0.000000171. The zero-order chi connectivity index (χ0) is 68.4. The van der Waals surface area contributed by atoms with E-state index in [1.165, 1.54) is 18.2 Å². The van der Waals surface area contributed by atoms with Gasteiger partial charge < -0.3 is 44.1 Å². The number of nitrogens with one attached hydrogen (secondary N) is 2. The van der Waals surface area contributed by atoms with Gasteiger partial charge in [0.25, 0.3) is 11.8 Å². The number of aliphatic hydroxyl groups excluding tert-OH is 1. The van der Waals surface area contributed by atoms with E-state index in [4.69, 9.17) is 46.4 Å². The van der Waals surface area contributed by atoms with E-state index >= 15 is 0 Å². The molecule has 6 heterocycles. The summed E-state index contributed by atoms with van der Waals surface area (Å²) in [4.78, 5) is 104. The van der Waals surface area contributed by atoms with E-state index in [-0.39, 0.29) is 91.4 Å². The van der Waals surface area contributed by atoms with Crippen LogP contribution in [0.2, 0.25) is 20.1 Å². The van der Waals surface area contributed by atoms with E-state index in [0.717, 1.165) is 62.8 Å². The Morgan fingerprint density at radius 3 is 1.56 bits per heavy atom. The van der Waals surface area contributed by atoms with Crippen molar-refractivity contribution in [2.75, 3.05) is 59.0 Å².